The Morgan fingerprint density at radius 3 is 2.78 bits per heavy atom. The largest absolute Gasteiger partial charge is 0.313 e. The summed E-state index contributed by atoms with van der Waals surface area (Å²) in [7, 11) is -0.617. The summed E-state index contributed by atoms with van der Waals surface area (Å²) in [4.78, 5) is 0. The highest BCUT2D eigenvalue weighted by atomic mass is 32.2. The molecule has 0 spiro atoms. The fourth-order valence-corrected chi connectivity index (χ4v) is 1.10. The second-order valence-corrected chi connectivity index (χ2v) is 4.06. The van der Waals surface area contributed by atoms with Gasteiger partial charge in [-0.2, -0.15) is 0 Å². The molecule has 1 fully saturated rings. The zero-order valence-corrected chi connectivity index (χ0v) is 6.54. The molecule has 1 N–H and O–H groups in total. The van der Waals surface area contributed by atoms with Gasteiger partial charge in [0.2, 0.25) is 0 Å². The van der Waals surface area contributed by atoms with E-state index in [1.807, 2.05) is 0 Å². The molecule has 0 aromatic carbocycles. The van der Waals surface area contributed by atoms with Crippen LogP contribution in [0.15, 0.2) is 0 Å². The first kappa shape index (κ1) is 7.22. The summed E-state index contributed by atoms with van der Waals surface area (Å²) in [5, 5.41) is 3.29. The van der Waals surface area contributed by atoms with Crippen LogP contribution in [0.5, 0.6) is 0 Å². The number of hydrogen-bond acceptors (Lipinski definition) is 2. The fraction of sp³-hybridized carbons (Fsp3) is 1.00. The van der Waals surface area contributed by atoms with E-state index >= 15 is 0 Å². The molecule has 1 saturated carbocycles. The van der Waals surface area contributed by atoms with Gasteiger partial charge in [0.05, 0.1) is 0 Å². The van der Waals surface area contributed by atoms with Gasteiger partial charge in [0.25, 0.3) is 0 Å². The van der Waals surface area contributed by atoms with Crippen molar-refractivity contribution in [2.24, 2.45) is 0 Å². The summed E-state index contributed by atoms with van der Waals surface area (Å²) in [6.07, 6.45) is 4.38. The lowest BCUT2D eigenvalue weighted by Gasteiger charge is -1.97. The highest BCUT2D eigenvalue weighted by Crippen LogP contribution is 2.17. The van der Waals surface area contributed by atoms with E-state index in [0.717, 1.165) is 18.3 Å². The molecule has 1 unspecified atom stereocenters. The van der Waals surface area contributed by atoms with Crippen molar-refractivity contribution in [1.29, 1.82) is 0 Å². The molecular weight excluding hydrogens is 134 g/mol. The Bertz CT molecular complexity index is 112. The van der Waals surface area contributed by atoms with Crippen LogP contribution >= 0.6 is 0 Å². The predicted molar refractivity (Wildman–Crippen MR) is 40.0 cm³/mol. The minimum Gasteiger partial charge on any atom is -0.313 e. The number of rotatable bonds is 4. The van der Waals surface area contributed by atoms with Crippen LogP contribution in [-0.4, -0.2) is 28.8 Å². The molecule has 1 aliphatic carbocycles. The van der Waals surface area contributed by atoms with Gasteiger partial charge in [-0.05, 0) is 12.8 Å². The summed E-state index contributed by atoms with van der Waals surface area (Å²) in [6, 6.07) is 0.758. The van der Waals surface area contributed by atoms with Crippen LogP contribution < -0.4 is 5.32 Å². The molecule has 1 rings (SSSR count). The van der Waals surface area contributed by atoms with Crippen molar-refractivity contribution in [3.05, 3.63) is 0 Å². The lowest BCUT2D eigenvalue weighted by molar-refractivity contribution is 0.676. The highest BCUT2D eigenvalue weighted by Gasteiger charge is 2.19. The minimum absolute atomic E-state index is 0.617. The van der Waals surface area contributed by atoms with E-state index in [1.54, 1.807) is 6.26 Å². The van der Waals surface area contributed by atoms with Gasteiger partial charge in [-0.3, -0.25) is 4.21 Å². The van der Waals surface area contributed by atoms with Crippen molar-refractivity contribution >= 4 is 10.8 Å². The van der Waals surface area contributed by atoms with E-state index < -0.39 is 10.8 Å². The van der Waals surface area contributed by atoms with Gasteiger partial charge in [-0.15, -0.1) is 0 Å². The SMILES string of the molecule is CS(=O)CCNC1CC1. The quantitative estimate of drug-likeness (QED) is 0.612. The van der Waals surface area contributed by atoms with E-state index in [9.17, 15) is 4.21 Å². The van der Waals surface area contributed by atoms with Crippen LogP contribution in [0.25, 0.3) is 0 Å². The van der Waals surface area contributed by atoms with E-state index in [-0.39, 0.29) is 0 Å². The molecule has 1 atom stereocenters. The van der Waals surface area contributed by atoms with Crippen LogP contribution in [0, 0.1) is 0 Å². The van der Waals surface area contributed by atoms with E-state index in [1.165, 1.54) is 12.8 Å². The van der Waals surface area contributed by atoms with Crippen molar-refractivity contribution in [3.63, 3.8) is 0 Å². The third-order valence-electron chi connectivity index (χ3n) is 1.40. The third kappa shape index (κ3) is 3.65. The summed E-state index contributed by atoms with van der Waals surface area (Å²) in [5.41, 5.74) is 0. The highest BCUT2D eigenvalue weighted by molar-refractivity contribution is 7.84. The fourth-order valence-electron chi connectivity index (χ4n) is 0.694. The molecule has 0 aliphatic heterocycles. The van der Waals surface area contributed by atoms with Crippen LogP contribution in [-0.2, 0) is 10.8 Å². The number of nitrogens with one attached hydrogen (secondary N) is 1. The maximum Gasteiger partial charge on any atom is 0.0357 e. The van der Waals surface area contributed by atoms with Crippen LogP contribution in [0.2, 0.25) is 0 Å². The van der Waals surface area contributed by atoms with Crippen molar-refractivity contribution in [1.82, 2.24) is 5.32 Å². The Morgan fingerprint density at radius 1 is 1.67 bits per heavy atom. The molecule has 54 valence electrons. The topological polar surface area (TPSA) is 29.1 Å². The minimum atomic E-state index is -0.617. The zero-order valence-electron chi connectivity index (χ0n) is 5.72. The lowest BCUT2D eigenvalue weighted by Crippen LogP contribution is -2.21. The average molecular weight is 147 g/mol. The van der Waals surface area contributed by atoms with E-state index in [2.05, 4.69) is 5.32 Å². The molecule has 1 aliphatic rings. The molecular formula is C6H13NOS. The molecule has 0 radical (unpaired) electrons. The van der Waals surface area contributed by atoms with Gasteiger partial charge in [-0.25, -0.2) is 0 Å². The molecule has 0 aromatic rings. The second-order valence-electron chi connectivity index (χ2n) is 2.51. The Morgan fingerprint density at radius 2 is 2.33 bits per heavy atom. The van der Waals surface area contributed by atoms with Gasteiger partial charge in [0.15, 0.2) is 0 Å². The van der Waals surface area contributed by atoms with Gasteiger partial charge in [0, 0.05) is 35.4 Å². The maximum atomic E-state index is 10.5. The monoisotopic (exact) mass is 147 g/mol. The molecule has 9 heavy (non-hydrogen) atoms. The Balaban J connectivity index is 1.86. The maximum absolute atomic E-state index is 10.5. The average Bonchev–Trinajstić information content (AvgIpc) is 2.48. The second kappa shape index (κ2) is 3.32. The van der Waals surface area contributed by atoms with E-state index in [4.69, 9.17) is 0 Å². The smallest absolute Gasteiger partial charge is 0.0357 e. The number of hydrogen-bond donors (Lipinski definition) is 1. The van der Waals surface area contributed by atoms with Crippen molar-refractivity contribution < 1.29 is 4.21 Å². The van der Waals surface area contributed by atoms with Crippen molar-refractivity contribution in [2.45, 2.75) is 18.9 Å². The van der Waals surface area contributed by atoms with Gasteiger partial charge in [0.1, 0.15) is 0 Å². The molecule has 0 bridgehead atoms. The lowest BCUT2D eigenvalue weighted by atomic mass is 10.6. The standard InChI is InChI=1S/C6H13NOS/c1-9(8)5-4-7-6-2-3-6/h6-7H,2-5H2,1H3. The third-order valence-corrected chi connectivity index (χ3v) is 2.18. The van der Waals surface area contributed by atoms with Crippen LogP contribution in [0.1, 0.15) is 12.8 Å². The molecule has 0 saturated heterocycles. The van der Waals surface area contributed by atoms with Gasteiger partial charge in [-0.1, -0.05) is 0 Å². The summed E-state index contributed by atoms with van der Waals surface area (Å²) in [6.45, 7) is 0.924. The summed E-state index contributed by atoms with van der Waals surface area (Å²) < 4.78 is 10.5. The van der Waals surface area contributed by atoms with Crippen molar-refractivity contribution in [3.8, 4) is 0 Å². The Labute approximate surface area is 58.5 Å². The first-order chi connectivity index (χ1) is 4.29. The molecule has 0 amide bonds. The zero-order chi connectivity index (χ0) is 6.69. The van der Waals surface area contributed by atoms with Crippen molar-refractivity contribution in [2.75, 3.05) is 18.6 Å². The normalized spacial score (nSPS) is 21.9. The molecule has 3 heteroatoms. The summed E-state index contributed by atoms with van der Waals surface area (Å²) >= 11 is 0. The van der Waals surface area contributed by atoms with Crippen LogP contribution in [0.3, 0.4) is 0 Å². The van der Waals surface area contributed by atoms with E-state index in [0.29, 0.717) is 0 Å². The summed E-state index contributed by atoms with van der Waals surface area (Å²) in [5.74, 6) is 0.802. The molecule has 2 nitrogen and oxygen atoms in total. The molecule has 0 aromatic heterocycles. The van der Waals surface area contributed by atoms with Crippen LogP contribution in [0.4, 0.5) is 0 Å². The first-order valence-corrected chi connectivity index (χ1v) is 5.05. The molecule has 0 heterocycles. The van der Waals surface area contributed by atoms with Gasteiger partial charge < -0.3 is 5.32 Å². The first-order valence-electron chi connectivity index (χ1n) is 3.32. The Hall–Kier alpha value is 0.110. The predicted octanol–water partition coefficient (Wildman–Crippen LogP) is 0.117. The van der Waals surface area contributed by atoms with Gasteiger partial charge >= 0.3 is 0 Å². The Kier molecular flexibility index (Phi) is 2.66.